The van der Waals surface area contributed by atoms with Crippen molar-refractivity contribution in [1.82, 2.24) is 0 Å². The molecule has 0 nitrogen and oxygen atoms in total. The fourth-order valence-electron chi connectivity index (χ4n) is 0.573. The minimum atomic E-state index is 1.18. The number of halogens is 1. The molecule has 0 aromatic rings. The minimum Gasteiger partial charge on any atom is -0.166 e. The second-order valence-corrected chi connectivity index (χ2v) is 4.33. The van der Waals surface area contributed by atoms with Gasteiger partial charge in [-0.15, -0.1) is 0 Å². The van der Waals surface area contributed by atoms with Crippen molar-refractivity contribution >= 4 is 27.7 Å². The highest BCUT2D eigenvalue weighted by Gasteiger charge is 1.90. The first-order valence-corrected chi connectivity index (χ1v) is 6.00. The molecule has 11 heavy (non-hydrogen) atoms. The number of thioether (sulfide) groups is 1. The van der Waals surface area contributed by atoms with Crippen LogP contribution in [0, 0.1) is 0 Å². The number of hydrogen-bond acceptors (Lipinski definition) is 1. The van der Waals surface area contributed by atoms with Crippen molar-refractivity contribution in [1.29, 1.82) is 0 Å². The highest BCUT2D eigenvalue weighted by molar-refractivity contribution is 9.11. The Labute approximate surface area is 82.3 Å². The summed E-state index contributed by atoms with van der Waals surface area (Å²) >= 11 is 5.25. The molecule has 0 fully saturated rings. The molecule has 0 radical (unpaired) electrons. The molecule has 0 atom stereocenters. The lowest BCUT2D eigenvalue weighted by atomic mass is 10.2. The van der Waals surface area contributed by atoms with Crippen LogP contribution in [0.25, 0.3) is 0 Å². The molecule has 1 aliphatic carbocycles. The first-order chi connectivity index (χ1) is 5.31. The molecule has 64 valence electrons. The van der Waals surface area contributed by atoms with Gasteiger partial charge in [0.25, 0.3) is 0 Å². The molecule has 0 bridgehead atoms. The molecule has 1 rings (SSSR count). The average molecular weight is 235 g/mol. The molecular weight excluding hydrogens is 220 g/mol. The van der Waals surface area contributed by atoms with Gasteiger partial charge in [-0.3, -0.25) is 0 Å². The molecule has 0 unspecified atom stereocenters. The second-order valence-electron chi connectivity index (χ2n) is 2.16. The fraction of sp³-hybridized carbons (Fsp3) is 0.556. The Morgan fingerprint density at radius 3 is 2.45 bits per heavy atom. The van der Waals surface area contributed by atoms with E-state index in [9.17, 15) is 0 Å². The van der Waals surface area contributed by atoms with Crippen molar-refractivity contribution < 1.29 is 0 Å². The Morgan fingerprint density at radius 1 is 1.64 bits per heavy atom. The third kappa shape index (κ3) is 8.21. The van der Waals surface area contributed by atoms with Crippen LogP contribution in [0.1, 0.15) is 19.8 Å². The van der Waals surface area contributed by atoms with Crippen molar-refractivity contribution in [2.24, 2.45) is 0 Å². The van der Waals surface area contributed by atoms with Crippen molar-refractivity contribution in [2.75, 3.05) is 12.0 Å². The smallest absolute Gasteiger partial charge is 0.00464 e. The topological polar surface area (TPSA) is 0 Å². The van der Waals surface area contributed by atoms with Crippen LogP contribution in [0.2, 0.25) is 0 Å². The summed E-state index contributed by atoms with van der Waals surface area (Å²) in [7, 11) is 0. The fourth-order valence-corrected chi connectivity index (χ4v) is 0.955. The predicted molar refractivity (Wildman–Crippen MR) is 59.4 cm³/mol. The van der Waals surface area contributed by atoms with E-state index in [1.54, 1.807) is 0 Å². The zero-order valence-electron chi connectivity index (χ0n) is 7.14. The lowest BCUT2D eigenvalue weighted by Gasteiger charge is -1.96. The molecule has 0 aromatic heterocycles. The van der Waals surface area contributed by atoms with Crippen LogP contribution < -0.4 is 0 Å². The van der Waals surface area contributed by atoms with E-state index in [0.29, 0.717) is 0 Å². The highest BCUT2D eigenvalue weighted by atomic mass is 79.9. The zero-order valence-corrected chi connectivity index (χ0v) is 9.54. The van der Waals surface area contributed by atoms with E-state index in [1.165, 1.54) is 23.1 Å². The van der Waals surface area contributed by atoms with Gasteiger partial charge in [-0.2, -0.15) is 11.8 Å². The van der Waals surface area contributed by atoms with Crippen LogP contribution >= 0.6 is 27.7 Å². The van der Waals surface area contributed by atoms with Gasteiger partial charge in [0.2, 0.25) is 0 Å². The largest absolute Gasteiger partial charge is 0.166 e. The molecule has 0 aromatic carbocycles. The quantitative estimate of drug-likeness (QED) is 0.662. The van der Waals surface area contributed by atoms with E-state index in [4.69, 9.17) is 0 Å². The average Bonchev–Trinajstić information content (AvgIpc) is 2.07. The van der Waals surface area contributed by atoms with Gasteiger partial charge < -0.3 is 0 Å². The summed E-state index contributed by atoms with van der Waals surface area (Å²) in [6.07, 6.45) is 10.8. The summed E-state index contributed by atoms with van der Waals surface area (Å²) in [5.41, 5.74) is 0. The van der Waals surface area contributed by atoms with E-state index in [0.717, 1.165) is 0 Å². The molecule has 0 aliphatic heterocycles. The summed E-state index contributed by atoms with van der Waals surface area (Å²) in [6.45, 7) is 2.14. The maximum absolute atomic E-state index is 3.40. The van der Waals surface area contributed by atoms with E-state index < -0.39 is 0 Å². The van der Waals surface area contributed by atoms with E-state index in [-0.39, 0.29) is 0 Å². The van der Waals surface area contributed by atoms with Crippen molar-refractivity contribution in [3.63, 3.8) is 0 Å². The van der Waals surface area contributed by atoms with E-state index >= 15 is 0 Å². The van der Waals surface area contributed by atoms with Gasteiger partial charge in [0.15, 0.2) is 0 Å². The molecule has 0 saturated heterocycles. The van der Waals surface area contributed by atoms with Gasteiger partial charge in [-0.25, -0.2) is 0 Å². The molecule has 0 amide bonds. The summed E-state index contributed by atoms with van der Waals surface area (Å²) in [5, 5.41) is 0. The molecular formula is C9H15BrS. The van der Waals surface area contributed by atoms with Crippen LogP contribution in [0.3, 0.4) is 0 Å². The number of rotatable bonds is 1. The van der Waals surface area contributed by atoms with Crippen LogP contribution in [0.4, 0.5) is 0 Å². The number of allylic oxidation sites excluding steroid dienone is 4. The molecule has 1 aliphatic rings. The predicted octanol–water partition coefficient (Wildman–Crippen LogP) is 3.98. The van der Waals surface area contributed by atoms with Gasteiger partial charge in [0, 0.05) is 0 Å². The summed E-state index contributed by atoms with van der Waals surface area (Å²) in [5.74, 6) is 1.24. The van der Waals surface area contributed by atoms with Gasteiger partial charge >= 0.3 is 0 Å². The summed E-state index contributed by atoms with van der Waals surface area (Å²) in [6, 6.07) is 0. The van der Waals surface area contributed by atoms with Gasteiger partial charge in [-0.05, 0) is 29.3 Å². The van der Waals surface area contributed by atoms with Crippen LogP contribution in [-0.4, -0.2) is 12.0 Å². The Bertz CT molecular complexity index is 136. The first kappa shape index (κ1) is 11.3. The second kappa shape index (κ2) is 8.41. The monoisotopic (exact) mass is 234 g/mol. The first-order valence-electron chi connectivity index (χ1n) is 3.81. The van der Waals surface area contributed by atoms with Crippen LogP contribution in [-0.2, 0) is 0 Å². The normalized spacial score (nSPS) is 15.0. The summed E-state index contributed by atoms with van der Waals surface area (Å²) < 4.78 is 1.31. The maximum atomic E-state index is 3.40. The van der Waals surface area contributed by atoms with Crippen molar-refractivity contribution in [3.8, 4) is 0 Å². The SMILES string of the molecule is BrC1=CC=CCC1.CCSC. The molecule has 0 heterocycles. The maximum Gasteiger partial charge on any atom is -0.00464 e. The van der Waals surface area contributed by atoms with Crippen LogP contribution in [0.15, 0.2) is 22.7 Å². The van der Waals surface area contributed by atoms with Crippen LogP contribution in [0.5, 0.6) is 0 Å². The lowest BCUT2D eigenvalue weighted by molar-refractivity contribution is 1.02. The minimum absolute atomic E-state index is 1.18. The van der Waals surface area contributed by atoms with E-state index in [1.807, 2.05) is 11.8 Å². The third-order valence-electron chi connectivity index (χ3n) is 1.25. The summed E-state index contributed by atoms with van der Waals surface area (Å²) in [4.78, 5) is 0. The van der Waals surface area contributed by atoms with Crippen molar-refractivity contribution in [3.05, 3.63) is 22.7 Å². The Balaban J connectivity index is 0.000000218. The number of hydrogen-bond donors (Lipinski definition) is 0. The lowest BCUT2D eigenvalue weighted by Crippen LogP contribution is -1.75. The molecule has 0 spiro atoms. The molecule has 2 heteroatoms. The van der Waals surface area contributed by atoms with E-state index in [2.05, 4.69) is 47.3 Å². The van der Waals surface area contributed by atoms with Gasteiger partial charge in [-0.1, -0.05) is 41.1 Å². The molecule has 0 N–H and O–H groups in total. The Kier molecular flexibility index (Phi) is 8.64. The highest BCUT2D eigenvalue weighted by Crippen LogP contribution is 2.16. The zero-order chi connectivity index (χ0) is 8.53. The van der Waals surface area contributed by atoms with Crippen molar-refractivity contribution in [2.45, 2.75) is 19.8 Å². The Hall–Kier alpha value is 0.310. The third-order valence-corrected chi connectivity index (χ3v) is 2.49. The Morgan fingerprint density at radius 2 is 2.27 bits per heavy atom. The van der Waals surface area contributed by atoms with Gasteiger partial charge in [0.1, 0.15) is 0 Å². The molecule has 0 saturated carbocycles. The standard InChI is InChI=1S/C6H7Br.C3H8S/c7-6-4-2-1-3-5-6;1-3-4-2/h1-2,4H,3,5H2;3H2,1-2H3. The van der Waals surface area contributed by atoms with Gasteiger partial charge in [0.05, 0.1) is 0 Å².